The van der Waals surface area contributed by atoms with E-state index in [1.807, 2.05) is 26.0 Å². The molecular formula is C14H19Cl2NO2. The fraction of sp³-hybridized carbons (Fsp3) is 0.500. The van der Waals surface area contributed by atoms with Crippen LogP contribution < -0.4 is 5.32 Å². The number of carbonyl (C=O) groups is 1. The zero-order valence-electron chi connectivity index (χ0n) is 11.6. The average Bonchev–Trinajstić information content (AvgIpc) is 2.30. The second kappa shape index (κ2) is 5.70. The predicted octanol–water partition coefficient (Wildman–Crippen LogP) is 3.97. The van der Waals surface area contributed by atoms with Gasteiger partial charge in [0.25, 0.3) is 0 Å². The van der Waals surface area contributed by atoms with E-state index in [1.54, 1.807) is 19.9 Å². The Morgan fingerprint density at radius 2 is 1.84 bits per heavy atom. The summed E-state index contributed by atoms with van der Waals surface area (Å²) >= 11 is 12.1. The van der Waals surface area contributed by atoms with Gasteiger partial charge in [0.1, 0.15) is 0 Å². The van der Waals surface area contributed by atoms with Gasteiger partial charge in [-0.3, -0.25) is 4.79 Å². The zero-order valence-corrected chi connectivity index (χ0v) is 13.1. The molecule has 0 amide bonds. The smallest absolute Gasteiger partial charge is 0.310 e. The van der Waals surface area contributed by atoms with Crippen molar-refractivity contribution in [1.29, 1.82) is 0 Å². The third-order valence-electron chi connectivity index (χ3n) is 3.85. The first-order valence-electron chi connectivity index (χ1n) is 6.01. The van der Waals surface area contributed by atoms with Crippen LogP contribution in [0.5, 0.6) is 0 Å². The van der Waals surface area contributed by atoms with Gasteiger partial charge in [0.15, 0.2) is 0 Å². The highest BCUT2D eigenvalue weighted by atomic mass is 35.5. The fourth-order valence-electron chi connectivity index (χ4n) is 1.49. The van der Waals surface area contributed by atoms with Crippen LogP contribution in [-0.2, 0) is 11.3 Å². The Hall–Kier alpha value is -0.770. The molecule has 0 aliphatic carbocycles. The van der Waals surface area contributed by atoms with Gasteiger partial charge in [-0.1, -0.05) is 35.3 Å². The molecule has 0 fully saturated rings. The van der Waals surface area contributed by atoms with E-state index in [4.69, 9.17) is 23.2 Å². The first-order chi connectivity index (χ1) is 8.59. The monoisotopic (exact) mass is 303 g/mol. The van der Waals surface area contributed by atoms with Crippen LogP contribution >= 0.6 is 23.2 Å². The molecule has 0 radical (unpaired) electrons. The number of hydrogen-bond acceptors (Lipinski definition) is 2. The Morgan fingerprint density at radius 3 is 2.37 bits per heavy atom. The summed E-state index contributed by atoms with van der Waals surface area (Å²) in [5, 5.41) is 13.5. The van der Waals surface area contributed by atoms with Crippen LogP contribution in [0.3, 0.4) is 0 Å². The molecule has 0 aliphatic rings. The summed E-state index contributed by atoms with van der Waals surface area (Å²) in [6.45, 7) is 7.58. The molecule has 0 unspecified atom stereocenters. The molecule has 2 N–H and O–H groups in total. The molecule has 1 aromatic carbocycles. The number of carboxylic acids is 1. The summed E-state index contributed by atoms with van der Waals surface area (Å²) in [5.74, 6) is -0.845. The Kier molecular flexibility index (Phi) is 4.88. The average molecular weight is 304 g/mol. The Morgan fingerprint density at radius 1 is 1.26 bits per heavy atom. The van der Waals surface area contributed by atoms with E-state index in [9.17, 15) is 9.90 Å². The number of carboxylic acid groups (broad SMARTS) is 1. The maximum Gasteiger partial charge on any atom is 0.310 e. The van der Waals surface area contributed by atoms with Gasteiger partial charge >= 0.3 is 5.97 Å². The topological polar surface area (TPSA) is 49.3 Å². The normalized spacial score (nSPS) is 12.5. The lowest BCUT2D eigenvalue weighted by Crippen LogP contribution is -2.54. The van der Waals surface area contributed by atoms with Gasteiger partial charge in [-0.15, -0.1) is 0 Å². The largest absolute Gasteiger partial charge is 0.481 e. The van der Waals surface area contributed by atoms with Crippen molar-refractivity contribution in [2.75, 3.05) is 0 Å². The minimum atomic E-state index is -0.905. The van der Waals surface area contributed by atoms with Gasteiger partial charge in [-0.2, -0.15) is 0 Å². The molecule has 1 rings (SSSR count). The molecule has 1 aromatic rings. The zero-order chi connectivity index (χ0) is 14.8. The summed E-state index contributed by atoms with van der Waals surface area (Å²) in [4.78, 5) is 11.3. The standard InChI is InChI=1S/C14H19Cl2NO2/c1-13(2,12(18)19)14(3,4)17-8-9-6-5-7-10(15)11(9)16/h5-7,17H,8H2,1-4H3,(H,18,19). The number of benzene rings is 1. The Labute approximate surface area is 123 Å². The highest BCUT2D eigenvalue weighted by molar-refractivity contribution is 6.42. The van der Waals surface area contributed by atoms with Crippen LogP contribution in [0.1, 0.15) is 33.3 Å². The van der Waals surface area contributed by atoms with Crippen molar-refractivity contribution in [1.82, 2.24) is 5.32 Å². The van der Waals surface area contributed by atoms with Crippen LogP contribution in [0.2, 0.25) is 10.0 Å². The molecular weight excluding hydrogens is 285 g/mol. The van der Waals surface area contributed by atoms with Crippen molar-refractivity contribution >= 4 is 29.2 Å². The first-order valence-corrected chi connectivity index (χ1v) is 6.76. The lowest BCUT2D eigenvalue weighted by molar-refractivity contribution is -0.151. The van der Waals surface area contributed by atoms with Crippen molar-refractivity contribution < 1.29 is 9.90 Å². The van der Waals surface area contributed by atoms with Gasteiger partial charge in [0.05, 0.1) is 15.5 Å². The second-order valence-electron chi connectivity index (χ2n) is 5.62. The molecule has 3 nitrogen and oxygen atoms in total. The number of nitrogens with one attached hydrogen (secondary N) is 1. The molecule has 0 spiro atoms. The van der Waals surface area contributed by atoms with Gasteiger partial charge in [0.2, 0.25) is 0 Å². The van der Waals surface area contributed by atoms with Gasteiger partial charge in [-0.25, -0.2) is 0 Å². The molecule has 106 valence electrons. The molecule has 0 saturated carbocycles. The Balaban J connectivity index is 2.87. The lowest BCUT2D eigenvalue weighted by Gasteiger charge is -2.39. The highest BCUT2D eigenvalue weighted by Crippen LogP contribution is 2.32. The van der Waals surface area contributed by atoms with E-state index in [2.05, 4.69) is 5.32 Å². The second-order valence-corrected chi connectivity index (χ2v) is 6.41. The van der Waals surface area contributed by atoms with E-state index >= 15 is 0 Å². The highest BCUT2D eigenvalue weighted by Gasteiger charge is 2.43. The van der Waals surface area contributed by atoms with Crippen LogP contribution in [0.15, 0.2) is 18.2 Å². The maximum absolute atomic E-state index is 11.3. The fourth-order valence-corrected chi connectivity index (χ4v) is 1.88. The Bertz CT molecular complexity index is 484. The third kappa shape index (κ3) is 3.41. The number of hydrogen-bond donors (Lipinski definition) is 2. The van der Waals surface area contributed by atoms with Crippen molar-refractivity contribution in [2.24, 2.45) is 5.41 Å². The van der Waals surface area contributed by atoms with Crippen LogP contribution in [0.4, 0.5) is 0 Å². The molecule has 0 atom stereocenters. The molecule has 0 aromatic heterocycles. The van der Waals surface area contributed by atoms with Gasteiger partial charge in [0, 0.05) is 12.1 Å². The predicted molar refractivity (Wildman–Crippen MR) is 78.8 cm³/mol. The number of rotatable bonds is 5. The summed E-state index contributed by atoms with van der Waals surface area (Å²) in [7, 11) is 0. The van der Waals surface area contributed by atoms with E-state index in [0.29, 0.717) is 16.6 Å². The number of halogens is 2. The van der Waals surface area contributed by atoms with Crippen LogP contribution in [0.25, 0.3) is 0 Å². The van der Waals surface area contributed by atoms with Gasteiger partial charge < -0.3 is 10.4 Å². The van der Waals surface area contributed by atoms with Crippen molar-refractivity contribution in [3.63, 3.8) is 0 Å². The molecule has 0 bridgehead atoms. The minimum absolute atomic E-state index is 0.461. The van der Waals surface area contributed by atoms with Crippen LogP contribution in [0, 0.1) is 5.41 Å². The van der Waals surface area contributed by atoms with Gasteiger partial charge in [-0.05, 0) is 39.3 Å². The minimum Gasteiger partial charge on any atom is -0.481 e. The van der Waals surface area contributed by atoms with E-state index in [-0.39, 0.29) is 0 Å². The van der Waals surface area contributed by atoms with E-state index < -0.39 is 16.9 Å². The van der Waals surface area contributed by atoms with E-state index in [0.717, 1.165) is 5.56 Å². The third-order valence-corrected chi connectivity index (χ3v) is 4.71. The van der Waals surface area contributed by atoms with Crippen molar-refractivity contribution in [3.8, 4) is 0 Å². The maximum atomic E-state index is 11.3. The van der Waals surface area contributed by atoms with Crippen molar-refractivity contribution in [2.45, 2.75) is 39.8 Å². The number of aliphatic carboxylic acids is 1. The summed E-state index contributed by atoms with van der Waals surface area (Å²) in [6.07, 6.45) is 0. The molecule has 0 heterocycles. The molecule has 19 heavy (non-hydrogen) atoms. The first kappa shape index (κ1) is 16.3. The summed E-state index contributed by atoms with van der Waals surface area (Å²) in [6, 6.07) is 5.41. The molecule has 0 aliphatic heterocycles. The molecule has 0 saturated heterocycles. The molecule has 5 heteroatoms. The van der Waals surface area contributed by atoms with Crippen LogP contribution in [-0.4, -0.2) is 16.6 Å². The SMILES string of the molecule is CC(C)(NCc1cccc(Cl)c1Cl)C(C)(C)C(=O)O. The summed E-state index contributed by atoms with van der Waals surface area (Å²) in [5.41, 5.74) is -0.647. The quantitative estimate of drug-likeness (QED) is 0.865. The van der Waals surface area contributed by atoms with Crippen molar-refractivity contribution in [3.05, 3.63) is 33.8 Å². The van der Waals surface area contributed by atoms with E-state index in [1.165, 1.54) is 0 Å². The summed E-state index contributed by atoms with van der Waals surface area (Å²) < 4.78 is 0. The lowest BCUT2D eigenvalue weighted by atomic mass is 9.74.